The third kappa shape index (κ3) is 3.76. The number of aliphatic imine (C=N–C) groups is 1. The lowest BCUT2D eigenvalue weighted by atomic mass is 9.88. The third-order valence-electron chi connectivity index (χ3n) is 5.50. The minimum absolute atomic E-state index is 0.110. The zero-order valence-corrected chi connectivity index (χ0v) is 20.0. The molecule has 0 aromatic carbocycles. The zero-order chi connectivity index (χ0) is 21.8. The largest absolute Gasteiger partial charge is 0.460 e. The highest BCUT2D eigenvalue weighted by Crippen LogP contribution is 2.48. The molecule has 0 fully saturated rings. The maximum Gasteiger partial charge on any atom is 0.312 e. The minimum Gasteiger partial charge on any atom is -0.460 e. The lowest BCUT2D eigenvalue weighted by Crippen LogP contribution is -2.56. The van der Waals surface area contributed by atoms with E-state index >= 15 is 0 Å². The van der Waals surface area contributed by atoms with Crippen molar-refractivity contribution in [2.45, 2.75) is 75.5 Å². The average molecular weight is 488 g/mol. The van der Waals surface area contributed by atoms with E-state index in [4.69, 9.17) is 9.73 Å². The van der Waals surface area contributed by atoms with Gasteiger partial charge in [0.05, 0.1) is 26.1 Å². The second-order valence-corrected chi connectivity index (χ2v) is 12.9. The van der Waals surface area contributed by atoms with Crippen molar-refractivity contribution in [1.29, 1.82) is 0 Å². The molecule has 2 aliphatic heterocycles. The summed E-state index contributed by atoms with van der Waals surface area (Å²) < 4.78 is 38.4. The van der Waals surface area contributed by atoms with E-state index in [2.05, 4.69) is 25.3 Å². The zero-order valence-electron chi connectivity index (χ0n) is 17.6. The number of aromatic nitrogens is 1. The maximum atomic E-state index is 14.8. The second-order valence-electron chi connectivity index (χ2n) is 9.14. The molecule has 0 N–H and O–H groups in total. The van der Waals surface area contributed by atoms with Crippen molar-refractivity contribution >= 4 is 37.3 Å². The van der Waals surface area contributed by atoms with E-state index in [0.717, 1.165) is 0 Å². The van der Waals surface area contributed by atoms with Crippen LogP contribution in [0, 0.1) is 5.82 Å². The summed E-state index contributed by atoms with van der Waals surface area (Å²) in [6.07, 6.45) is 0.393. The summed E-state index contributed by atoms with van der Waals surface area (Å²) in [4.78, 5) is 21.7. The van der Waals surface area contributed by atoms with E-state index in [0.29, 0.717) is 23.3 Å². The van der Waals surface area contributed by atoms with Crippen LogP contribution in [0.4, 0.5) is 4.39 Å². The van der Waals surface area contributed by atoms with Crippen molar-refractivity contribution in [3.8, 4) is 0 Å². The van der Waals surface area contributed by atoms with E-state index < -0.39 is 42.7 Å². The number of esters is 1. The highest BCUT2D eigenvalue weighted by molar-refractivity contribution is 9.10. The Morgan fingerprint density at radius 2 is 2.00 bits per heavy atom. The van der Waals surface area contributed by atoms with Crippen LogP contribution in [0.1, 0.15) is 60.1 Å². The number of carbonyl (C=O) groups excluding carboxylic acids is 1. The van der Waals surface area contributed by atoms with E-state index in [-0.39, 0.29) is 12.1 Å². The number of hydrogen-bond acceptors (Lipinski definition) is 6. The summed E-state index contributed by atoms with van der Waals surface area (Å²) in [7, 11) is -2.83. The second kappa shape index (κ2) is 7.11. The molecule has 0 radical (unpaired) electrons. The molecular formula is C20H27BrFN3O3S. The van der Waals surface area contributed by atoms with Crippen LogP contribution in [0.15, 0.2) is 26.1 Å². The van der Waals surface area contributed by atoms with Gasteiger partial charge < -0.3 is 4.74 Å². The van der Waals surface area contributed by atoms with Gasteiger partial charge >= 0.3 is 5.97 Å². The molecule has 0 amide bonds. The summed E-state index contributed by atoms with van der Waals surface area (Å²) in [5.41, 5.74) is -1.33. The van der Waals surface area contributed by atoms with Crippen molar-refractivity contribution in [1.82, 2.24) is 4.98 Å². The number of fused-ring (bicyclic) bond motifs is 1. The van der Waals surface area contributed by atoms with Crippen molar-refractivity contribution in [3.05, 3.63) is 28.2 Å². The third-order valence-corrected chi connectivity index (χ3v) is 9.68. The van der Waals surface area contributed by atoms with Gasteiger partial charge in [-0.3, -0.25) is 9.79 Å². The van der Waals surface area contributed by atoms with Crippen molar-refractivity contribution in [2.75, 3.05) is 6.54 Å². The van der Waals surface area contributed by atoms with E-state index in [1.165, 1.54) is 12.1 Å². The minimum atomic E-state index is -2.83. The van der Waals surface area contributed by atoms with Crippen LogP contribution in [-0.4, -0.2) is 43.0 Å². The van der Waals surface area contributed by atoms with Crippen LogP contribution < -0.4 is 0 Å². The molecule has 3 heterocycles. The maximum absolute atomic E-state index is 14.8. The highest BCUT2D eigenvalue weighted by atomic mass is 79.9. The van der Waals surface area contributed by atoms with Gasteiger partial charge in [0.2, 0.25) is 0 Å². The molecule has 0 unspecified atom stereocenters. The number of hydrogen-bond donors (Lipinski definition) is 0. The first-order valence-electron chi connectivity index (χ1n) is 9.55. The Balaban J connectivity index is 2.18. The smallest absolute Gasteiger partial charge is 0.312 e. The van der Waals surface area contributed by atoms with Crippen LogP contribution in [0.2, 0.25) is 0 Å². The molecule has 0 saturated carbocycles. The Hall–Kier alpha value is -1.35. The van der Waals surface area contributed by atoms with E-state index in [1.807, 2.05) is 0 Å². The van der Waals surface area contributed by atoms with Gasteiger partial charge in [-0.1, -0.05) is 0 Å². The molecule has 9 heteroatoms. The molecule has 1 aromatic rings. The Morgan fingerprint density at radius 1 is 1.34 bits per heavy atom. The normalized spacial score (nSPS) is 30.9. The summed E-state index contributed by atoms with van der Waals surface area (Å²) in [6.45, 7) is 11.1. The van der Waals surface area contributed by atoms with E-state index in [1.54, 1.807) is 41.5 Å². The Labute approximate surface area is 180 Å². The number of nitrogens with zero attached hydrogens (tertiary/aromatic N) is 3. The number of carbonyl (C=O) groups is 1. The molecule has 2 aliphatic rings. The van der Waals surface area contributed by atoms with Crippen LogP contribution in [0.5, 0.6) is 0 Å². The predicted molar refractivity (Wildman–Crippen MR) is 115 cm³/mol. The van der Waals surface area contributed by atoms with Crippen molar-refractivity contribution < 1.29 is 18.1 Å². The SMILES string of the molecule is CC(C)(C)OC(=O)CC1=N[C@](C)(c2nc(Br)ccc2F)[C@@H]2CCN=[S@]2(=O)C1(C)C. The Morgan fingerprint density at radius 3 is 2.62 bits per heavy atom. The van der Waals surface area contributed by atoms with Gasteiger partial charge in [0.1, 0.15) is 27.3 Å². The summed E-state index contributed by atoms with van der Waals surface area (Å²) >= 11 is 3.29. The first-order chi connectivity index (χ1) is 13.2. The lowest BCUT2D eigenvalue weighted by Gasteiger charge is -2.45. The molecule has 160 valence electrons. The topological polar surface area (TPSA) is 81.0 Å². The average Bonchev–Trinajstić information content (AvgIpc) is 2.98. The van der Waals surface area contributed by atoms with Gasteiger partial charge in [0, 0.05) is 12.3 Å². The predicted octanol–water partition coefficient (Wildman–Crippen LogP) is 4.40. The van der Waals surface area contributed by atoms with Gasteiger partial charge in [-0.2, -0.15) is 0 Å². The Bertz CT molecular complexity index is 1010. The monoisotopic (exact) mass is 487 g/mol. The molecule has 0 aliphatic carbocycles. The molecule has 3 rings (SSSR count). The summed E-state index contributed by atoms with van der Waals surface area (Å²) in [5, 5.41) is -0.497. The standard InChI is InChI=1S/C20H27BrFN3O3S/c1-18(2,3)28-16(26)11-13-19(4,5)29(27)14(9-10-23-29)20(6,25-13)17-12(22)7-8-15(21)24-17/h7-8,14H,9-11H2,1-6H3/t14-,20-,29+/m0/s1. The van der Waals surface area contributed by atoms with Crippen LogP contribution in [0.3, 0.4) is 0 Å². The lowest BCUT2D eigenvalue weighted by molar-refractivity contribution is -0.153. The summed E-state index contributed by atoms with van der Waals surface area (Å²) in [6, 6.07) is 2.82. The van der Waals surface area contributed by atoms with Crippen LogP contribution >= 0.6 is 15.9 Å². The van der Waals surface area contributed by atoms with Crippen molar-refractivity contribution in [2.24, 2.45) is 9.36 Å². The molecular weight excluding hydrogens is 461 g/mol. The van der Waals surface area contributed by atoms with Crippen LogP contribution in [-0.2, 0) is 24.8 Å². The van der Waals surface area contributed by atoms with E-state index in [9.17, 15) is 13.4 Å². The molecule has 0 saturated heterocycles. The van der Waals surface area contributed by atoms with Gasteiger partial charge in [0.25, 0.3) is 0 Å². The number of pyridine rings is 1. The fraction of sp³-hybridized carbons (Fsp3) is 0.650. The van der Waals surface area contributed by atoms with Gasteiger partial charge in [0.15, 0.2) is 0 Å². The molecule has 29 heavy (non-hydrogen) atoms. The molecule has 0 bridgehead atoms. The van der Waals surface area contributed by atoms with Crippen molar-refractivity contribution in [3.63, 3.8) is 0 Å². The molecule has 1 aromatic heterocycles. The van der Waals surface area contributed by atoms with Gasteiger partial charge in [-0.15, -0.1) is 0 Å². The highest BCUT2D eigenvalue weighted by Gasteiger charge is 2.58. The number of ether oxygens (including phenoxy) is 1. The number of halogens is 2. The van der Waals surface area contributed by atoms with Crippen LogP contribution in [0.25, 0.3) is 0 Å². The number of rotatable bonds is 3. The first-order valence-corrected chi connectivity index (χ1v) is 11.9. The summed E-state index contributed by atoms with van der Waals surface area (Å²) in [5.74, 6) is -0.988. The molecule has 3 atom stereocenters. The van der Waals surface area contributed by atoms with Gasteiger partial charge in [-0.25, -0.2) is 17.9 Å². The van der Waals surface area contributed by atoms with Gasteiger partial charge in [-0.05, 0) is 76.0 Å². The Kier molecular flexibility index (Phi) is 5.48. The molecule has 6 nitrogen and oxygen atoms in total. The fourth-order valence-electron chi connectivity index (χ4n) is 4.07. The molecule has 0 spiro atoms. The quantitative estimate of drug-likeness (QED) is 0.467. The fourth-order valence-corrected chi connectivity index (χ4v) is 7.63. The first kappa shape index (κ1) is 22.3.